The fourth-order valence-corrected chi connectivity index (χ4v) is 6.16. The van der Waals surface area contributed by atoms with Crippen molar-refractivity contribution in [3.05, 3.63) is 29.5 Å². The van der Waals surface area contributed by atoms with Crippen LogP contribution in [0, 0.1) is 11.3 Å². The number of aromatic hydroxyl groups is 1. The van der Waals surface area contributed by atoms with Crippen LogP contribution in [0.3, 0.4) is 0 Å². The van der Waals surface area contributed by atoms with E-state index in [9.17, 15) is 5.11 Å². The molecule has 128 valence electrons. The highest BCUT2D eigenvalue weighted by Crippen LogP contribution is 2.58. The number of nitrogens with zero attached hydrogens (tertiary/aromatic N) is 1. The molecule has 24 heavy (non-hydrogen) atoms. The molecule has 4 heterocycles. The third-order valence-corrected chi connectivity index (χ3v) is 7.28. The van der Waals surface area contributed by atoms with Crippen molar-refractivity contribution in [2.45, 2.75) is 64.5 Å². The molecule has 3 heteroatoms. The van der Waals surface area contributed by atoms with Crippen molar-refractivity contribution >= 4 is 11.0 Å². The first-order chi connectivity index (χ1) is 11.5. The zero-order valence-electron chi connectivity index (χ0n) is 14.9. The Bertz CT molecular complexity index is 810. The van der Waals surface area contributed by atoms with Crippen LogP contribution in [0.15, 0.2) is 22.6 Å². The number of hydrogen-bond acceptors (Lipinski definition) is 3. The van der Waals surface area contributed by atoms with Crippen molar-refractivity contribution in [1.82, 2.24) is 4.90 Å². The van der Waals surface area contributed by atoms with Gasteiger partial charge in [0.1, 0.15) is 17.1 Å². The number of rotatable bonds is 1. The van der Waals surface area contributed by atoms with Gasteiger partial charge in [-0.15, -0.1) is 0 Å². The Kier molecular flexibility index (Phi) is 2.96. The molecular formula is C21H27NO2. The van der Waals surface area contributed by atoms with Crippen LogP contribution < -0.4 is 0 Å². The minimum Gasteiger partial charge on any atom is -0.508 e. The normalized spacial score (nSPS) is 40.5. The summed E-state index contributed by atoms with van der Waals surface area (Å²) in [6.45, 7) is 8.49. The quantitative estimate of drug-likeness (QED) is 0.827. The van der Waals surface area contributed by atoms with Gasteiger partial charge >= 0.3 is 0 Å². The molecule has 2 aromatic rings. The number of piperidine rings is 2. The first-order valence-electron chi connectivity index (χ1n) is 9.50. The van der Waals surface area contributed by atoms with Crippen LogP contribution in [-0.4, -0.2) is 28.6 Å². The zero-order valence-corrected chi connectivity index (χ0v) is 14.9. The Balaban J connectivity index is 1.73. The Morgan fingerprint density at radius 1 is 1.38 bits per heavy atom. The van der Waals surface area contributed by atoms with Gasteiger partial charge in [0.15, 0.2) is 0 Å². The van der Waals surface area contributed by atoms with E-state index < -0.39 is 0 Å². The number of phenols is 1. The average molecular weight is 325 g/mol. The second-order valence-electron chi connectivity index (χ2n) is 8.74. The van der Waals surface area contributed by atoms with Crippen LogP contribution in [0.5, 0.6) is 5.75 Å². The van der Waals surface area contributed by atoms with E-state index in [0.29, 0.717) is 29.2 Å². The van der Waals surface area contributed by atoms with Gasteiger partial charge in [-0.3, -0.25) is 4.90 Å². The van der Waals surface area contributed by atoms with Gasteiger partial charge in [0, 0.05) is 35.5 Å². The van der Waals surface area contributed by atoms with Crippen molar-refractivity contribution < 1.29 is 9.52 Å². The van der Waals surface area contributed by atoms with Gasteiger partial charge in [-0.1, -0.05) is 13.8 Å². The first kappa shape index (κ1) is 14.8. The summed E-state index contributed by atoms with van der Waals surface area (Å²) >= 11 is 0. The Morgan fingerprint density at radius 2 is 2.21 bits per heavy atom. The van der Waals surface area contributed by atoms with Crippen LogP contribution in [0.1, 0.15) is 57.3 Å². The van der Waals surface area contributed by atoms with Gasteiger partial charge < -0.3 is 9.52 Å². The minimum atomic E-state index is 0.339. The molecule has 4 bridgehead atoms. The van der Waals surface area contributed by atoms with E-state index in [4.69, 9.17) is 4.42 Å². The summed E-state index contributed by atoms with van der Waals surface area (Å²) in [5, 5.41) is 11.1. The summed E-state index contributed by atoms with van der Waals surface area (Å²) in [5.41, 5.74) is 2.69. The molecule has 0 radical (unpaired) electrons. The molecule has 1 aromatic carbocycles. The maximum atomic E-state index is 9.95. The highest BCUT2D eigenvalue weighted by molar-refractivity contribution is 5.84. The van der Waals surface area contributed by atoms with E-state index in [1.165, 1.54) is 37.1 Å². The van der Waals surface area contributed by atoms with Gasteiger partial charge in [0.25, 0.3) is 0 Å². The van der Waals surface area contributed by atoms with Crippen molar-refractivity contribution in [3.63, 3.8) is 0 Å². The van der Waals surface area contributed by atoms with Crippen molar-refractivity contribution in [1.29, 1.82) is 0 Å². The fraction of sp³-hybridized carbons (Fsp3) is 0.619. The van der Waals surface area contributed by atoms with Crippen molar-refractivity contribution in [2.24, 2.45) is 11.3 Å². The summed E-state index contributed by atoms with van der Waals surface area (Å²) in [6, 6.07) is 6.70. The van der Waals surface area contributed by atoms with Crippen LogP contribution in [-0.2, 0) is 6.42 Å². The monoisotopic (exact) mass is 325 g/mol. The lowest BCUT2D eigenvalue weighted by Crippen LogP contribution is -2.62. The number of hydrogen-bond donors (Lipinski definition) is 1. The molecule has 6 atom stereocenters. The van der Waals surface area contributed by atoms with Gasteiger partial charge in [-0.25, -0.2) is 0 Å². The molecule has 0 amide bonds. The maximum absolute atomic E-state index is 9.95. The van der Waals surface area contributed by atoms with Crippen LogP contribution in [0.25, 0.3) is 11.0 Å². The van der Waals surface area contributed by atoms with E-state index in [-0.39, 0.29) is 0 Å². The zero-order chi connectivity index (χ0) is 16.6. The standard InChI is InChI=1S/C21H27NO2/c1-4-21(3)10-13-8-17-19-16(7-12(2)22(11-13)20(17)21)15-9-14(23)5-6-18(15)24-19/h5-6,9,12-13,17,20,23H,4,7-8,10-11H2,1-3H3/t12-,13?,17?,20?,21?/m0/s1. The average Bonchev–Trinajstić information content (AvgIpc) is 2.88. The lowest BCUT2D eigenvalue weighted by atomic mass is 9.57. The molecule has 1 saturated carbocycles. The van der Waals surface area contributed by atoms with E-state index in [1.807, 2.05) is 12.1 Å². The van der Waals surface area contributed by atoms with Crippen LogP contribution in [0.4, 0.5) is 0 Å². The minimum absolute atomic E-state index is 0.339. The van der Waals surface area contributed by atoms with Crippen LogP contribution >= 0.6 is 0 Å². The molecule has 1 aromatic heterocycles. The third kappa shape index (κ3) is 1.82. The topological polar surface area (TPSA) is 36.6 Å². The number of furan rings is 1. The molecule has 4 aliphatic rings. The predicted molar refractivity (Wildman–Crippen MR) is 95.4 cm³/mol. The number of phenolic OH excluding ortho intramolecular Hbond substituents is 1. The summed E-state index contributed by atoms with van der Waals surface area (Å²) in [7, 11) is 0. The third-order valence-electron chi connectivity index (χ3n) is 7.28. The fourth-order valence-electron chi connectivity index (χ4n) is 6.16. The Labute approximate surface area is 143 Å². The smallest absolute Gasteiger partial charge is 0.134 e. The Morgan fingerprint density at radius 3 is 3.00 bits per heavy atom. The molecule has 3 aliphatic heterocycles. The van der Waals surface area contributed by atoms with E-state index in [2.05, 4.69) is 25.7 Å². The molecule has 1 N–H and O–H groups in total. The SMILES string of the molecule is CCC1(C)CC2CC3c4oc5ccc(O)cc5c4C[C@H](C)N(C2)C31. The highest BCUT2D eigenvalue weighted by atomic mass is 16.3. The molecule has 1 aliphatic carbocycles. The maximum Gasteiger partial charge on any atom is 0.134 e. The molecule has 5 unspecified atom stereocenters. The Hall–Kier alpha value is -1.48. The molecule has 3 fully saturated rings. The lowest BCUT2D eigenvalue weighted by molar-refractivity contribution is -0.0874. The van der Waals surface area contributed by atoms with Crippen molar-refractivity contribution in [3.8, 4) is 5.75 Å². The molecular weight excluding hydrogens is 298 g/mol. The van der Waals surface area contributed by atoms with Gasteiger partial charge in [-0.2, -0.15) is 0 Å². The van der Waals surface area contributed by atoms with Crippen molar-refractivity contribution in [2.75, 3.05) is 6.54 Å². The lowest BCUT2D eigenvalue weighted by Gasteiger charge is -2.59. The van der Waals surface area contributed by atoms with Crippen LogP contribution in [0.2, 0.25) is 0 Å². The molecule has 0 spiro atoms. The summed E-state index contributed by atoms with van der Waals surface area (Å²) in [6.07, 6.45) is 4.90. The second-order valence-corrected chi connectivity index (χ2v) is 8.74. The van der Waals surface area contributed by atoms with Gasteiger partial charge in [-0.05, 0) is 62.1 Å². The van der Waals surface area contributed by atoms with Gasteiger partial charge in [0.2, 0.25) is 0 Å². The second kappa shape index (κ2) is 4.78. The van der Waals surface area contributed by atoms with E-state index in [0.717, 1.165) is 23.3 Å². The van der Waals surface area contributed by atoms with E-state index in [1.54, 1.807) is 6.07 Å². The summed E-state index contributed by atoms with van der Waals surface area (Å²) in [4.78, 5) is 2.79. The number of fused-ring (bicyclic) bond motifs is 4. The first-order valence-corrected chi connectivity index (χ1v) is 9.50. The van der Waals surface area contributed by atoms with Gasteiger partial charge in [0.05, 0.1) is 0 Å². The largest absolute Gasteiger partial charge is 0.508 e. The molecule has 2 saturated heterocycles. The molecule has 3 nitrogen and oxygen atoms in total. The summed E-state index contributed by atoms with van der Waals surface area (Å²) in [5.74, 6) is 2.86. The summed E-state index contributed by atoms with van der Waals surface area (Å²) < 4.78 is 6.41. The predicted octanol–water partition coefficient (Wildman–Crippen LogP) is 4.68. The molecule has 6 rings (SSSR count). The van der Waals surface area contributed by atoms with E-state index >= 15 is 0 Å². The number of benzene rings is 1. The highest BCUT2D eigenvalue weighted by Gasteiger charge is 2.56.